The minimum Gasteiger partial charge on any atom is -0.477 e. The minimum absolute atomic E-state index is 0.128. The molecule has 3 aromatic rings. The second-order valence-corrected chi connectivity index (χ2v) is 8.87. The lowest BCUT2D eigenvalue weighted by Gasteiger charge is -2.21. The third-order valence-corrected chi connectivity index (χ3v) is 6.14. The molecule has 0 aliphatic carbocycles. The predicted octanol–water partition coefficient (Wildman–Crippen LogP) is 3.32. The molecule has 0 aliphatic heterocycles. The monoisotopic (exact) mass is 499 g/mol. The number of carbonyl (C=O) groups is 1. The molecule has 14 heteroatoms. The Hall–Kier alpha value is -3.23. The number of aromatic nitrogens is 3. The summed E-state index contributed by atoms with van der Waals surface area (Å²) in [6, 6.07) is 4.39. The summed E-state index contributed by atoms with van der Waals surface area (Å²) < 4.78 is 62.9. The molecule has 1 atom stereocenters. The van der Waals surface area contributed by atoms with Gasteiger partial charge in [-0.3, -0.25) is 14.3 Å². The third-order valence-electron chi connectivity index (χ3n) is 4.26. The Kier molecular flexibility index (Phi) is 7.50. The van der Waals surface area contributed by atoms with E-state index < -0.39 is 38.8 Å². The topological polar surface area (TPSA) is 135 Å². The van der Waals surface area contributed by atoms with Gasteiger partial charge in [-0.15, -0.1) is 11.3 Å². The Morgan fingerprint density at radius 3 is 2.73 bits per heavy atom. The summed E-state index contributed by atoms with van der Waals surface area (Å²) in [5.41, 5.74) is 0.369. The normalized spacial score (nSPS) is 12.4. The van der Waals surface area contributed by atoms with Gasteiger partial charge in [0.15, 0.2) is 5.01 Å². The SMILES string of the molecule is CCOc1cncc(-c2cnc(C(=O)N[C@@H](C)c3cccc(N(C(F)F)S(=O)(=O)O)c3)s2)n1. The summed E-state index contributed by atoms with van der Waals surface area (Å²) in [6.45, 7) is 0.335. The molecule has 0 unspecified atom stereocenters. The largest absolute Gasteiger partial charge is 0.477 e. The maximum Gasteiger partial charge on any atom is 0.364 e. The summed E-state index contributed by atoms with van der Waals surface area (Å²) in [7, 11) is -5.19. The molecule has 1 amide bonds. The first-order valence-corrected chi connectivity index (χ1v) is 11.7. The van der Waals surface area contributed by atoms with Crippen molar-refractivity contribution < 1.29 is 31.3 Å². The number of amides is 1. The van der Waals surface area contributed by atoms with Crippen molar-refractivity contribution in [3.63, 3.8) is 0 Å². The van der Waals surface area contributed by atoms with E-state index in [1.165, 1.54) is 30.7 Å². The lowest BCUT2D eigenvalue weighted by atomic mass is 10.1. The lowest BCUT2D eigenvalue weighted by Crippen LogP contribution is -2.35. The fraction of sp³-hybridized carbons (Fsp3) is 0.263. The Morgan fingerprint density at radius 2 is 2.06 bits per heavy atom. The molecular weight excluding hydrogens is 480 g/mol. The van der Waals surface area contributed by atoms with E-state index in [0.717, 1.165) is 23.5 Å². The molecule has 10 nitrogen and oxygen atoms in total. The molecule has 2 N–H and O–H groups in total. The van der Waals surface area contributed by atoms with Crippen molar-refractivity contribution in [3.8, 4) is 16.5 Å². The van der Waals surface area contributed by atoms with Crippen molar-refractivity contribution in [3.05, 3.63) is 53.4 Å². The maximum atomic E-state index is 13.1. The minimum atomic E-state index is -5.19. The molecule has 0 radical (unpaired) electrons. The van der Waals surface area contributed by atoms with Crippen LogP contribution in [0.25, 0.3) is 10.6 Å². The molecule has 0 aliphatic rings. The lowest BCUT2D eigenvalue weighted by molar-refractivity contribution is 0.0939. The van der Waals surface area contributed by atoms with Gasteiger partial charge >= 0.3 is 16.9 Å². The fourth-order valence-electron chi connectivity index (χ4n) is 2.80. The van der Waals surface area contributed by atoms with Crippen molar-refractivity contribution >= 4 is 33.2 Å². The molecule has 0 spiro atoms. The zero-order chi connectivity index (χ0) is 24.2. The number of nitrogens with zero attached hydrogens (tertiary/aromatic N) is 4. The van der Waals surface area contributed by atoms with Gasteiger partial charge in [-0.2, -0.15) is 21.5 Å². The van der Waals surface area contributed by atoms with Gasteiger partial charge in [0.2, 0.25) is 5.88 Å². The van der Waals surface area contributed by atoms with Gasteiger partial charge in [0.05, 0.1) is 35.6 Å². The zero-order valence-corrected chi connectivity index (χ0v) is 19.0. The highest BCUT2D eigenvalue weighted by atomic mass is 32.2. The highest BCUT2D eigenvalue weighted by Crippen LogP contribution is 2.27. The molecule has 0 bridgehead atoms. The van der Waals surface area contributed by atoms with E-state index in [1.807, 2.05) is 6.92 Å². The molecule has 3 rings (SSSR count). The number of benzene rings is 1. The van der Waals surface area contributed by atoms with Crippen molar-refractivity contribution in [2.24, 2.45) is 0 Å². The van der Waals surface area contributed by atoms with Gasteiger partial charge in [0.25, 0.3) is 5.91 Å². The summed E-state index contributed by atoms with van der Waals surface area (Å²) in [4.78, 5) is 25.7. The van der Waals surface area contributed by atoms with E-state index >= 15 is 0 Å². The van der Waals surface area contributed by atoms with E-state index in [1.54, 1.807) is 6.92 Å². The van der Waals surface area contributed by atoms with Crippen LogP contribution in [0.5, 0.6) is 5.88 Å². The summed E-state index contributed by atoms with van der Waals surface area (Å²) in [5, 5.41) is 2.80. The van der Waals surface area contributed by atoms with Gasteiger partial charge in [-0.25, -0.2) is 9.97 Å². The Morgan fingerprint density at radius 1 is 1.30 bits per heavy atom. The number of nitrogens with one attached hydrogen (secondary N) is 1. The second-order valence-electron chi connectivity index (χ2n) is 6.55. The summed E-state index contributed by atoms with van der Waals surface area (Å²) in [6.07, 6.45) is 4.45. The van der Waals surface area contributed by atoms with Gasteiger partial charge in [-0.1, -0.05) is 12.1 Å². The highest BCUT2D eigenvalue weighted by Gasteiger charge is 2.29. The van der Waals surface area contributed by atoms with Gasteiger partial charge in [0, 0.05) is 6.20 Å². The standard InChI is InChI=1S/C19H19F2N5O5S2/c1-3-31-16-10-22-8-14(25-16)15-9-23-18(32-15)17(27)24-11(2)12-5-4-6-13(7-12)26(19(20)21)33(28,29)30/h4-11,19H,3H2,1-2H3,(H,24,27)(H,28,29,30)/t11-/m0/s1. The predicted molar refractivity (Wildman–Crippen MR) is 117 cm³/mol. The number of rotatable bonds is 9. The number of thiazole rings is 1. The fourth-order valence-corrected chi connectivity index (χ4v) is 4.16. The van der Waals surface area contributed by atoms with Crippen molar-refractivity contribution in [1.29, 1.82) is 0 Å². The van der Waals surface area contributed by atoms with Crippen LogP contribution in [-0.4, -0.2) is 47.0 Å². The van der Waals surface area contributed by atoms with Crippen LogP contribution in [-0.2, 0) is 10.3 Å². The maximum absolute atomic E-state index is 13.1. The van der Waals surface area contributed by atoms with Gasteiger partial charge < -0.3 is 10.1 Å². The Bertz CT molecular complexity index is 1240. The zero-order valence-electron chi connectivity index (χ0n) is 17.3. The Balaban J connectivity index is 1.76. The number of halogens is 2. The molecule has 0 saturated carbocycles. The molecule has 0 fully saturated rings. The third kappa shape index (κ3) is 5.97. The molecule has 2 heterocycles. The van der Waals surface area contributed by atoms with Crippen LogP contribution in [0.3, 0.4) is 0 Å². The highest BCUT2D eigenvalue weighted by molar-refractivity contribution is 7.87. The summed E-state index contributed by atoms with van der Waals surface area (Å²) >= 11 is 1.07. The smallest absolute Gasteiger partial charge is 0.364 e. The number of hydrogen-bond acceptors (Lipinski definition) is 8. The summed E-state index contributed by atoms with van der Waals surface area (Å²) in [5.74, 6) is -0.191. The van der Waals surface area contributed by atoms with E-state index in [2.05, 4.69) is 20.3 Å². The first kappa shape index (κ1) is 24.4. The van der Waals surface area contributed by atoms with Crippen LogP contribution in [0, 0.1) is 0 Å². The van der Waals surface area contributed by atoms with Crippen LogP contribution in [0.1, 0.15) is 35.3 Å². The van der Waals surface area contributed by atoms with E-state index in [4.69, 9.17) is 9.29 Å². The van der Waals surface area contributed by atoms with Crippen molar-refractivity contribution in [2.45, 2.75) is 26.4 Å². The first-order chi connectivity index (χ1) is 15.6. The van der Waals surface area contributed by atoms with Gasteiger partial charge in [-0.05, 0) is 31.5 Å². The van der Waals surface area contributed by atoms with E-state index in [-0.39, 0.29) is 5.01 Å². The molecule has 2 aromatic heterocycles. The van der Waals surface area contributed by atoms with Crippen LogP contribution in [0.4, 0.5) is 14.5 Å². The average molecular weight is 500 g/mol. The molecular formula is C19H19F2N5O5S2. The molecule has 1 aromatic carbocycles. The number of carbonyl (C=O) groups excluding carboxylic acids is 1. The number of alkyl halides is 2. The first-order valence-electron chi connectivity index (χ1n) is 9.47. The number of ether oxygens (including phenoxy) is 1. The number of anilines is 1. The van der Waals surface area contributed by atoms with E-state index in [9.17, 15) is 22.0 Å². The quantitative estimate of drug-likeness (QED) is 0.338. The van der Waals surface area contributed by atoms with Crippen molar-refractivity contribution in [2.75, 3.05) is 10.9 Å². The van der Waals surface area contributed by atoms with Crippen LogP contribution in [0.15, 0.2) is 42.9 Å². The molecule has 33 heavy (non-hydrogen) atoms. The van der Waals surface area contributed by atoms with Gasteiger partial charge in [0.1, 0.15) is 5.69 Å². The van der Waals surface area contributed by atoms with Crippen LogP contribution < -0.4 is 14.4 Å². The van der Waals surface area contributed by atoms with Crippen LogP contribution >= 0.6 is 11.3 Å². The van der Waals surface area contributed by atoms with Crippen LogP contribution in [0.2, 0.25) is 0 Å². The van der Waals surface area contributed by atoms with Crippen molar-refractivity contribution in [1.82, 2.24) is 20.3 Å². The number of hydrogen-bond donors (Lipinski definition) is 2. The Labute approximate surface area is 192 Å². The molecule has 176 valence electrons. The molecule has 0 saturated heterocycles. The second kappa shape index (κ2) is 10.1. The van der Waals surface area contributed by atoms with E-state index in [0.29, 0.717) is 28.6 Å². The average Bonchev–Trinajstić information content (AvgIpc) is 3.24.